The number of aryl methyl sites for hydroxylation is 2. The lowest BCUT2D eigenvalue weighted by Gasteiger charge is -2.36. The fourth-order valence-electron chi connectivity index (χ4n) is 7.24. The minimum atomic E-state index is -1.95. The summed E-state index contributed by atoms with van der Waals surface area (Å²) < 4.78 is 14.2. The lowest BCUT2D eigenvalue weighted by molar-refractivity contribution is -0.120. The molecule has 2 aliphatic heterocycles. The highest BCUT2D eigenvalue weighted by molar-refractivity contribution is 6.91. The molecule has 3 N–H and O–H groups in total. The zero-order valence-electron chi connectivity index (χ0n) is 26.7. The van der Waals surface area contributed by atoms with Gasteiger partial charge in [0.1, 0.15) is 5.75 Å². The van der Waals surface area contributed by atoms with E-state index in [4.69, 9.17) is 9.47 Å². The number of carbonyl (C=O) groups is 1. The first-order valence-corrected chi connectivity index (χ1v) is 19.3. The molecule has 0 saturated carbocycles. The van der Waals surface area contributed by atoms with Crippen molar-refractivity contribution in [2.24, 2.45) is 11.8 Å². The number of rotatable bonds is 13. The van der Waals surface area contributed by atoms with E-state index >= 15 is 0 Å². The Balaban J connectivity index is 1.25. The van der Waals surface area contributed by atoms with Gasteiger partial charge in [0.15, 0.2) is 0 Å². The maximum absolute atomic E-state index is 12.7. The van der Waals surface area contributed by atoms with Gasteiger partial charge in [0.05, 0.1) is 39.0 Å². The van der Waals surface area contributed by atoms with Gasteiger partial charge in [-0.25, -0.2) is 0 Å². The van der Waals surface area contributed by atoms with Crippen LogP contribution < -0.4 is 20.6 Å². The van der Waals surface area contributed by atoms with E-state index in [0.29, 0.717) is 17.9 Å². The predicted molar refractivity (Wildman–Crippen MR) is 176 cm³/mol. The second kappa shape index (κ2) is 14.8. The quantitative estimate of drug-likeness (QED) is 0.246. The lowest BCUT2D eigenvalue weighted by Crippen LogP contribution is -2.50. The van der Waals surface area contributed by atoms with Gasteiger partial charge in [-0.1, -0.05) is 54.7 Å². The number of nitrogens with zero attached hydrogens (tertiary/aromatic N) is 3. The summed E-state index contributed by atoms with van der Waals surface area (Å²) >= 11 is 0. The number of hydrogen-bond donors (Lipinski definition) is 3. The molecule has 5 rings (SSSR count). The molecule has 1 amide bonds. The van der Waals surface area contributed by atoms with Crippen molar-refractivity contribution >= 4 is 24.9 Å². The highest BCUT2D eigenvalue weighted by Crippen LogP contribution is 2.46. The number of carbonyl (C=O) groups excluding carboxylic acids is 1. The second-order valence-corrected chi connectivity index (χ2v) is 17.7. The topological polar surface area (TPSA) is 111 Å². The smallest absolute Gasteiger partial charge is 0.228 e. The lowest BCUT2D eigenvalue weighted by atomic mass is 9.95. The van der Waals surface area contributed by atoms with E-state index in [1.807, 2.05) is 23.0 Å². The van der Waals surface area contributed by atoms with E-state index in [1.54, 1.807) is 7.11 Å². The number of anilines is 1. The van der Waals surface area contributed by atoms with E-state index in [9.17, 15) is 9.90 Å². The normalized spacial score (nSPS) is 23.9. The van der Waals surface area contributed by atoms with Crippen molar-refractivity contribution in [2.45, 2.75) is 82.8 Å². The van der Waals surface area contributed by atoms with E-state index < -0.39 is 8.07 Å². The number of ether oxygens (including phenoxy) is 2. The van der Waals surface area contributed by atoms with Crippen LogP contribution in [0.5, 0.6) is 5.75 Å². The summed E-state index contributed by atoms with van der Waals surface area (Å²) in [6.45, 7) is 9.88. The van der Waals surface area contributed by atoms with Gasteiger partial charge in [0, 0.05) is 38.0 Å². The first-order chi connectivity index (χ1) is 21.3. The second-order valence-electron chi connectivity index (χ2n) is 13.1. The fraction of sp³-hybridized carbons (Fsp3) is 0.559. The van der Waals surface area contributed by atoms with Gasteiger partial charge in [0.2, 0.25) is 5.91 Å². The standard InChI is InChI=1S/C34H49N5O4Si/c1-24-31(16-9-25-7-10-27(11-8-25)36-34(41)26-6-5-19-35-22-26)43-32(17-20-39-23-28(18-21-40)37-38-39)33(24)44(3,4)30-14-12-29(42-2)13-15-30/h7-8,10-15,23-24,26,31-33,35,40H,5-6,9,16-22H2,1-4H3,(H,36,41)/t24-,26?,31+,32-,33+/m0/s1. The van der Waals surface area contributed by atoms with Crippen LogP contribution in [0.2, 0.25) is 18.6 Å². The van der Waals surface area contributed by atoms with Gasteiger partial charge in [-0.2, -0.15) is 0 Å². The van der Waals surface area contributed by atoms with Crippen molar-refractivity contribution in [3.8, 4) is 5.75 Å². The minimum absolute atomic E-state index is 0.0446. The summed E-state index contributed by atoms with van der Waals surface area (Å²) in [6, 6.07) is 17.0. The molecule has 3 aromatic rings. The monoisotopic (exact) mass is 619 g/mol. The average Bonchev–Trinajstić information content (AvgIpc) is 3.63. The summed E-state index contributed by atoms with van der Waals surface area (Å²) in [7, 11) is -0.237. The molecule has 3 heterocycles. The Hall–Kier alpha value is -3.05. The molecule has 0 bridgehead atoms. The van der Waals surface area contributed by atoms with Gasteiger partial charge < -0.3 is 25.2 Å². The highest BCUT2D eigenvalue weighted by Gasteiger charge is 2.50. The molecule has 238 valence electrons. The van der Waals surface area contributed by atoms with Crippen molar-refractivity contribution in [1.82, 2.24) is 20.3 Å². The van der Waals surface area contributed by atoms with Crippen LogP contribution in [0.25, 0.3) is 0 Å². The van der Waals surface area contributed by atoms with Crippen LogP contribution in [0.3, 0.4) is 0 Å². The molecular weight excluding hydrogens is 570 g/mol. The Kier molecular flexibility index (Phi) is 10.9. The van der Waals surface area contributed by atoms with Gasteiger partial charge in [0.25, 0.3) is 0 Å². The van der Waals surface area contributed by atoms with E-state index in [2.05, 4.69) is 77.4 Å². The van der Waals surface area contributed by atoms with Crippen LogP contribution in [-0.2, 0) is 28.9 Å². The van der Waals surface area contributed by atoms with Crippen molar-refractivity contribution in [1.29, 1.82) is 0 Å². The Morgan fingerprint density at radius 2 is 1.89 bits per heavy atom. The van der Waals surface area contributed by atoms with Crippen molar-refractivity contribution < 1.29 is 19.4 Å². The summed E-state index contributed by atoms with van der Waals surface area (Å²) in [5.74, 6) is 1.44. The largest absolute Gasteiger partial charge is 0.497 e. The highest BCUT2D eigenvalue weighted by atomic mass is 28.3. The van der Waals surface area contributed by atoms with Crippen LogP contribution in [0.1, 0.15) is 43.9 Å². The molecule has 1 aromatic heterocycles. The Bertz CT molecular complexity index is 1340. The van der Waals surface area contributed by atoms with Crippen molar-refractivity contribution in [3.05, 3.63) is 66.0 Å². The first kappa shape index (κ1) is 32.3. The van der Waals surface area contributed by atoms with E-state index in [0.717, 1.165) is 68.9 Å². The molecule has 0 radical (unpaired) electrons. The van der Waals surface area contributed by atoms with E-state index in [-0.39, 0.29) is 30.6 Å². The van der Waals surface area contributed by atoms with Crippen LogP contribution in [0.4, 0.5) is 5.69 Å². The average molecular weight is 620 g/mol. The molecule has 9 nitrogen and oxygen atoms in total. The number of nitrogens with one attached hydrogen (secondary N) is 2. The molecule has 44 heavy (non-hydrogen) atoms. The van der Waals surface area contributed by atoms with E-state index in [1.165, 1.54) is 10.8 Å². The van der Waals surface area contributed by atoms with Gasteiger partial charge in [-0.15, -0.1) is 5.10 Å². The van der Waals surface area contributed by atoms with Crippen LogP contribution >= 0.6 is 0 Å². The zero-order chi connectivity index (χ0) is 31.1. The number of aromatic nitrogens is 3. The summed E-state index contributed by atoms with van der Waals surface area (Å²) in [5.41, 5.74) is 3.36. The molecule has 2 aromatic carbocycles. The Labute approximate surface area is 262 Å². The molecule has 5 atom stereocenters. The van der Waals surface area contributed by atoms with Crippen LogP contribution in [-0.4, -0.2) is 73.1 Å². The molecule has 0 aliphatic carbocycles. The number of hydrogen-bond acceptors (Lipinski definition) is 7. The SMILES string of the molecule is COc1ccc([Si](C)(C)[C@@H]2[C@@H](C)[C@@H](CCc3ccc(NC(=O)C4CCCNC4)cc3)O[C@H]2CCn2cc(CCO)nn2)cc1. The summed E-state index contributed by atoms with van der Waals surface area (Å²) in [4.78, 5) is 12.7. The molecular formula is C34H49N5O4Si. The third kappa shape index (κ3) is 7.77. The number of aliphatic hydroxyl groups excluding tert-OH is 1. The molecule has 2 saturated heterocycles. The third-order valence-corrected chi connectivity index (χ3v) is 14.2. The van der Waals surface area contributed by atoms with Crippen molar-refractivity contribution in [3.63, 3.8) is 0 Å². The number of amides is 1. The number of benzene rings is 2. The molecule has 10 heteroatoms. The number of aliphatic hydroxyl groups is 1. The molecule has 2 fully saturated rings. The maximum atomic E-state index is 12.7. The third-order valence-electron chi connectivity index (χ3n) is 9.77. The predicted octanol–water partition coefficient (Wildman–Crippen LogP) is 4.17. The van der Waals surface area contributed by atoms with Gasteiger partial charge in [-0.3, -0.25) is 9.48 Å². The first-order valence-electron chi connectivity index (χ1n) is 16.2. The zero-order valence-corrected chi connectivity index (χ0v) is 27.7. The maximum Gasteiger partial charge on any atom is 0.228 e. The minimum Gasteiger partial charge on any atom is -0.497 e. The van der Waals surface area contributed by atoms with Crippen LogP contribution in [0.15, 0.2) is 54.7 Å². The van der Waals surface area contributed by atoms with Gasteiger partial charge in [-0.05, 0) is 79.9 Å². The molecule has 0 spiro atoms. The molecule has 1 unspecified atom stereocenters. The van der Waals surface area contributed by atoms with Crippen LogP contribution in [0, 0.1) is 11.8 Å². The number of methoxy groups -OCH3 is 1. The summed E-state index contributed by atoms with van der Waals surface area (Å²) in [5, 5.41) is 25.6. The van der Waals surface area contributed by atoms with Crippen molar-refractivity contribution in [2.75, 3.05) is 32.1 Å². The molecule has 2 aliphatic rings. The number of piperidine rings is 1. The Morgan fingerprint density at radius 1 is 1.11 bits per heavy atom. The fourth-order valence-corrected chi connectivity index (χ4v) is 11.4. The van der Waals surface area contributed by atoms with Gasteiger partial charge >= 0.3 is 0 Å². The Morgan fingerprint density at radius 3 is 2.57 bits per heavy atom. The summed E-state index contributed by atoms with van der Waals surface area (Å²) in [6.07, 6.45) is 7.47.